The minimum absolute atomic E-state index is 0.0512. The Bertz CT molecular complexity index is 839. The number of allylic oxidation sites excluding steroid dienone is 2. The summed E-state index contributed by atoms with van der Waals surface area (Å²) in [6.07, 6.45) is 0. The van der Waals surface area contributed by atoms with Gasteiger partial charge in [0.2, 0.25) is 5.88 Å². The lowest BCUT2D eigenvalue weighted by Gasteiger charge is -2.28. The maximum Gasteiger partial charge on any atom is 0.338 e. The van der Waals surface area contributed by atoms with Crippen LogP contribution in [-0.2, 0) is 14.3 Å². The highest BCUT2D eigenvalue weighted by atomic mass is 79.9. The molecule has 1 atom stereocenters. The van der Waals surface area contributed by atoms with E-state index in [1.807, 2.05) is 6.07 Å². The van der Waals surface area contributed by atoms with Crippen LogP contribution in [0.25, 0.3) is 0 Å². The molecule has 1 heterocycles. The SMILES string of the molecule is CCOC(=O)C1=C(C)OC(N)=C(C#N)[C@@H]1c1cc(OC)c(OC)cc1Br. The topological polar surface area (TPSA) is 104 Å². The quantitative estimate of drug-likeness (QED) is 0.726. The number of benzene rings is 1. The Labute approximate surface area is 160 Å². The molecule has 1 aromatic rings. The molecule has 0 aliphatic carbocycles. The van der Waals surface area contributed by atoms with Crippen molar-refractivity contribution >= 4 is 21.9 Å². The monoisotopic (exact) mass is 422 g/mol. The number of hydrogen-bond donors (Lipinski definition) is 1. The van der Waals surface area contributed by atoms with Gasteiger partial charge < -0.3 is 24.7 Å². The highest BCUT2D eigenvalue weighted by Crippen LogP contribution is 2.45. The van der Waals surface area contributed by atoms with Gasteiger partial charge in [0.15, 0.2) is 11.5 Å². The van der Waals surface area contributed by atoms with Crippen LogP contribution in [0.5, 0.6) is 11.5 Å². The van der Waals surface area contributed by atoms with E-state index in [0.29, 0.717) is 21.5 Å². The Balaban J connectivity index is 2.73. The van der Waals surface area contributed by atoms with Gasteiger partial charge in [-0.25, -0.2) is 4.79 Å². The number of rotatable bonds is 5. The zero-order chi connectivity index (χ0) is 19.4. The molecule has 0 unspecified atom stereocenters. The largest absolute Gasteiger partial charge is 0.493 e. The molecular weight excluding hydrogens is 404 g/mol. The summed E-state index contributed by atoms with van der Waals surface area (Å²) in [4.78, 5) is 12.5. The van der Waals surface area contributed by atoms with Crippen molar-refractivity contribution in [3.05, 3.63) is 45.0 Å². The van der Waals surface area contributed by atoms with Crippen molar-refractivity contribution in [2.75, 3.05) is 20.8 Å². The number of carbonyl (C=O) groups is 1. The summed E-state index contributed by atoms with van der Waals surface area (Å²) >= 11 is 3.48. The normalized spacial score (nSPS) is 16.7. The van der Waals surface area contributed by atoms with Crippen molar-refractivity contribution in [2.24, 2.45) is 5.73 Å². The summed E-state index contributed by atoms with van der Waals surface area (Å²) in [6, 6.07) is 5.43. The first-order chi connectivity index (χ1) is 12.4. The lowest BCUT2D eigenvalue weighted by molar-refractivity contribution is -0.139. The van der Waals surface area contributed by atoms with Crippen molar-refractivity contribution < 1.29 is 23.7 Å². The van der Waals surface area contributed by atoms with Gasteiger partial charge in [-0.05, 0) is 31.5 Å². The average molecular weight is 423 g/mol. The molecule has 2 N–H and O–H groups in total. The van der Waals surface area contributed by atoms with E-state index in [1.165, 1.54) is 14.2 Å². The molecular formula is C18H19BrN2O5. The Morgan fingerprint density at radius 3 is 2.50 bits per heavy atom. The second-order valence-electron chi connectivity index (χ2n) is 5.34. The summed E-state index contributed by atoms with van der Waals surface area (Å²) in [6.45, 7) is 3.50. The van der Waals surface area contributed by atoms with Crippen LogP contribution < -0.4 is 15.2 Å². The van der Waals surface area contributed by atoms with E-state index >= 15 is 0 Å². The summed E-state index contributed by atoms with van der Waals surface area (Å²) in [5, 5.41) is 9.61. The average Bonchev–Trinajstić information content (AvgIpc) is 2.61. The number of nitriles is 1. The van der Waals surface area contributed by atoms with Crippen LogP contribution in [0.15, 0.2) is 39.4 Å². The van der Waals surface area contributed by atoms with Gasteiger partial charge in [-0.2, -0.15) is 5.26 Å². The Morgan fingerprint density at radius 1 is 1.35 bits per heavy atom. The van der Waals surface area contributed by atoms with E-state index in [-0.39, 0.29) is 29.4 Å². The minimum atomic E-state index is -0.762. The standard InChI is InChI=1S/C18H19BrN2O5/c1-5-25-18(22)15-9(2)26-17(21)11(8-20)16(15)10-6-13(23-3)14(24-4)7-12(10)19/h6-7,16H,5,21H2,1-4H3/t16-/m0/s1. The van der Waals surface area contributed by atoms with Crippen LogP contribution >= 0.6 is 15.9 Å². The van der Waals surface area contributed by atoms with E-state index < -0.39 is 11.9 Å². The van der Waals surface area contributed by atoms with Crippen LogP contribution in [0.2, 0.25) is 0 Å². The van der Waals surface area contributed by atoms with E-state index in [4.69, 9.17) is 24.7 Å². The molecule has 0 fully saturated rings. The number of ether oxygens (including phenoxy) is 4. The van der Waals surface area contributed by atoms with Gasteiger partial charge in [-0.3, -0.25) is 0 Å². The molecule has 1 aliphatic heterocycles. The van der Waals surface area contributed by atoms with Gasteiger partial charge in [0.1, 0.15) is 17.4 Å². The molecule has 0 bridgehead atoms. The molecule has 0 aromatic heterocycles. The van der Waals surface area contributed by atoms with E-state index in [1.54, 1.807) is 26.0 Å². The molecule has 1 aromatic carbocycles. The maximum absolute atomic E-state index is 12.5. The lowest BCUT2D eigenvalue weighted by atomic mass is 9.83. The second-order valence-corrected chi connectivity index (χ2v) is 6.20. The predicted molar refractivity (Wildman–Crippen MR) is 97.2 cm³/mol. The Hall–Kier alpha value is -2.66. The number of nitrogens with two attached hydrogens (primary N) is 1. The van der Waals surface area contributed by atoms with Gasteiger partial charge in [0.05, 0.1) is 32.3 Å². The van der Waals surface area contributed by atoms with Gasteiger partial charge in [0, 0.05) is 4.47 Å². The van der Waals surface area contributed by atoms with Gasteiger partial charge in [0.25, 0.3) is 0 Å². The Morgan fingerprint density at radius 2 is 1.96 bits per heavy atom. The first-order valence-corrected chi connectivity index (χ1v) is 8.55. The first kappa shape index (κ1) is 19.7. The zero-order valence-electron chi connectivity index (χ0n) is 14.9. The molecule has 0 saturated carbocycles. The summed E-state index contributed by atoms with van der Waals surface area (Å²) in [7, 11) is 3.02. The van der Waals surface area contributed by atoms with Crippen LogP contribution in [0, 0.1) is 11.3 Å². The Kier molecular flexibility index (Phi) is 6.16. The van der Waals surface area contributed by atoms with Crippen molar-refractivity contribution in [1.29, 1.82) is 5.26 Å². The number of carbonyl (C=O) groups excluding carboxylic acids is 1. The van der Waals surface area contributed by atoms with Crippen molar-refractivity contribution in [3.63, 3.8) is 0 Å². The molecule has 138 valence electrons. The number of halogens is 1. The van der Waals surface area contributed by atoms with Crippen molar-refractivity contribution in [1.82, 2.24) is 0 Å². The third-order valence-corrected chi connectivity index (χ3v) is 4.60. The fraction of sp³-hybridized carbons (Fsp3) is 0.333. The maximum atomic E-state index is 12.5. The van der Waals surface area contributed by atoms with E-state index in [2.05, 4.69) is 15.9 Å². The number of esters is 1. The van der Waals surface area contributed by atoms with Crippen LogP contribution in [0.3, 0.4) is 0 Å². The molecule has 7 nitrogen and oxygen atoms in total. The number of methoxy groups -OCH3 is 2. The second kappa shape index (κ2) is 8.15. The molecule has 0 radical (unpaired) electrons. The number of nitrogens with zero attached hydrogens (tertiary/aromatic N) is 1. The molecule has 0 saturated heterocycles. The third-order valence-electron chi connectivity index (χ3n) is 3.91. The zero-order valence-corrected chi connectivity index (χ0v) is 16.5. The van der Waals surface area contributed by atoms with Gasteiger partial charge in [-0.1, -0.05) is 15.9 Å². The molecule has 8 heteroatoms. The third kappa shape index (κ3) is 3.48. The van der Waals surface area contributed by atoms with Gasteiger partial charge >= 0.3 is 5.97 Å². The molecule has 0 amide bonds. The van der Waals surface area contributed by atoms with Crippen molar-refractivity contribution in [2.45, 2.75) is 19.8 Å². The van der Waals surface area contributed by atoms with E-state index in [0.717, 1.165) is 0 Å². The summed E-state index contributed by atoms with van der Waals surface area (Å²) in [5.74, 6) is -0.145. The predicted octanol–water partition coefficient (Wildman–Crippen LogP) is 3.11. The lowest BCUT2D eigenvalue weighted by Crippen LogP contribution is -2.25. The molecule has 0 spiro atoms. The van der Waals surface area contributed by atoms with Gasteiger partial charge in [-0.15, -0.1) is 0 Å². The number of hydrogen-bond acceptors (Lipinski definition) is 7. The fourth-order valence-electron chi connectivity index (χ4n) is 2.76. The summed E-state index contributed by atoms with van der Waals surface area (Å²) < 4.78 is 21.8. The van der Waals surface area contributed by atoms with Crippen LogP contribution in [0.1, 0.15) is 25.3 Å². The first-order valence-electron chi connectivity index (χ1n) is 7.76. The molecule has 26 heavy (non-hydrogen) atoms. The highest BCUT2D eigenvalue weighted by molar-refractivity contribution is 9.10. The van der Waals surface area contributed by atoms with Crippen LogP contribution in [0.4, 0.5) is 0 Å². The molecule has 2 rings (SSSR count). The fourth-order valence-corrected chi connectivity index (χ4v) is 3.31. The van der Waals surface area contributed by atoms with Crippen molar-refractivity contribution in [3.8, 4) is 17.6 Å². The van der Waals surface area contributed by atoms with Crippen LogP contribution in [-0.4, -0.2) is 26.8 Å². The minimum Gasteiger partial charge on any atom is -0.493 e. The smallest absolute Gasteiger partial charge is 0.338 e. The summed E-state index contributed by atoms with van der Waals surface area (Å²) in [5.41, 5.74) is 6.83. The van der Waals surface area contributed by atoms with E-state index in [9.17, 15) is 10.1 Å². The molecule has 1 aliphatic rings. The highest BCUT2D eigenvalue weighted by Gasteiger charge is 2.37.